The zero-order valence-corrected chi connectivity index (χ0v) is 11.8. The Morgan fingerprint density at radius 1 is 0.647 bits per heavy atom. The van der Waals surface area contributed by atoms with E-state index in [4.69, 9.17) is 18.9 Å². The highest BCUT2D eigenvalue weighted by Gasteiger charge is 2.08. The van der Waals surface area contributed by atoms with E-state index in [1.807, 2.05) is 0 Å². The minimum absolute atomic E-state index is 0.343. The van der Waals surface area contributed by atoms with E-state index in [1.165, 1.54) is 0 Å². The number of rotatable bonds is 11. The standard InChI is InChI=1S/C13H28O4/c1-13(2,3)5-6-15-9-10-17-12-11-16-8-7-14-4/h5-12H2,1-4H3. The lowest BCUT2D eigenvalue weighted by atomic mass is 9.93. The highest BCUT2D eigenvalue weighted by molar-refractivity contribution is 4.59. The van der Waals surface area contributed by atoms with E-state index in [1.54, 1.807) is 7.11 Å². The maximum atomic E-state index is 5.47. The fraction of sp³-hybridized carbons (Fsp3) is 1.00. The van der Waals surface area contributed by atoms with E-state index in [2.05, 4.69) is 20.8 Å². The van der Waals surface area contributed by atoms with Gasteiger partial charge in [-0.1, -0.05) is 20.8 Å². The summed E-state index contributed by atoms with van der Waals surface area (Å²) in [5.41, 5.74) is 0.343. The van der Waals surface area contributed by atoms with Crippen LogP contribution in [0.3, 0.4) is 0 Å². The van der Waals surface area contributed by atoms with Crippen molar-refractivity contribution in [3.63, 3.8) is 0 Å². The normalized spacial score (nSPS) is 12.0. The van der Waals surface area contributed by atoms with Gasteiger partial charge in [0.1, 0.15) is 0 Å². The first kappa shape index (κ1) is 16.8. The molecule has 0 bridgehead atoms. The molecule has 0 aromatic carbocycles. The lowest BCUT2D eigenvalue weighted by Crippen LogP contribution is -2.13. The van der Waals surface area contributed by atoms with Gasteiger partial charge in [-0.25, -0.2) is 0 Å². The Hall–Kier alpha value is -0.160. The predicted molar refractivity (Wildman–Crippen MR) is 68.4 cm³/mol. The van der Waals surface area contributed by atoms with Gasteiger partial charge in [-0.15, -0.1) is 0 Å². The Balaban J connectivity index is 2.99. The lowest BCUT2D eigenvalue weighted by Gasteiger charge is -2.17. The van der Waals surface area contributed by atoms with Crippen molar-refractivity contribution in [3.8, 4) is 0 Å². The van der Waals surface area contributed by atoms with Gasteiger partial charge in [0.2, 0.25) is 0 Å². The first-order chi connectivity index (χ1) is 8.06. The van der Waals surface area contributed by atoms with E-state index in [0.717, 1.165) is 13.0 Å². The zero-order chi connectivity index (χ0) is 13.0. The van der Waals surface area contributed by atoms with Crippen LogP contribution in [0.5, 0.6) is 0 Å². The summed E-state index contributed by atoms with van der Waals surface area (Å²) in [6.45, 7) is 11.2. The Bertz CT molecular complexity index is 154. The SMILES string of the molecule is COCCOCCOCCOCCC(C)(C)C. The molecule has 0 aromatic heterocycles. The molecular formula is C13H28O4. The minimum atomic E-state index is 0.343. The summed E-state index contributed by atoms with van der Waals surface area (Å²) in [6.07, 6.45) is 1.08. The van der Waals surface area contributed by atoms with E-state index >= 15 is 0 Å². The summed E-state index contributed by atoms with van der Waals surface area (Å²) in [4.78, 5) is 0. The van der Waals surface area contributed by atoms with Crippen molar-refractivity contribution >= 4 is 0 Å². The van der Waals surface area contributed by atoms with Crippen LogP contribution in [-0.2, 0) is 18.9 Å². The largest absolute Gasteiger partial charge is 0.382 e. The Kier molecular flexibility index (Phi) is 10.9. The molecule has 0 atom stereocenters. The highest BCUT2D eigenvalue weighted by atomic mass is 16.6. The number of hydrogen-bond donors (Lipinski definition) is 0. The third-order valence-corrected chi connectivity index (χ3v) is 2.17. The molecule has 0 fully saturated rings. The third-order valence-electron chi connectivity index (χ3n) is 2.17. The molecule has 0 radical (unpaired) electrons. The van der Waals surface area contributed by atoms with Gasteiger partial charge in [0.05, 0.1) is 39.6 Å². The molecule has 0 aliphatic heterocycles. The summed E-state index contributed by atoms with van der Waals surface area (Å²) in [5.74, 6) is 0. The van der Waals surface area contributed by atoms with Crippen molar-refractivity contribution in [1.82, 2.24) is 0 Å². The second kappa shape index (κ2) is 11.0. The fourth-order valence-electron chi connectivity index (χ4n) is 1.06. The van der Waals surface area contributed by atoms with E-state index in [0.29, 0.717) is 45.1 Å². The Morgan fingerprint density at radius 2 is 1.06 bits per heavy atom. The summed E-state index contributed by atoms with van der Waals surface area (Å²) >= 11 is 0. The molecular weight excluding hydrogens is 220 g/mol. The zero-order valence-electron chi connectivity index (χ0n) is 11.8. The van der Waals surface area contributed by atoms with Crippen molar-refractivity contribution in [2.75, 3.05) is 53.4 Å². The van der Waals surface area contributed by atoms with Crippen LogP contribution in [0.2, 0.25) is 0 Å². The van der Waals surface area contributed by atoms with Gasteiger partial charge in [-0.05, 0) is 11.8 Å². The second-order valence-electron chi connectivity index (χ2n) is 5.14. The molecule has 17 heavy (non-hydrogen) atoms. The van der Waals surface area contributed by atoms with Crippen LogP contribution < -0.4 is 0 Å². The smallest absolute Gasteiger partial charge is 0.0701 e. The van der Waals surface area contributed by atoms with Crippen LogP contribution >= 0.6 is 0 Å². The maximum absolute atomic E-state index is 5.47. The third kappa shape index (κ3) is 15.8. The summed E-state index contributed by atoms with van der Waals surface area (Å²) in [7, 11) is 1.66. The van der Waals surface area contributed by atoms with Gasteiger partial charge in [0, 0.05) is 13.7 Å². The average Bonchev–Trinajstić information content (AvgIpc) is 2.24. The quantitative estimate of drug-likeness (QED) is 0.525. The average molecular weight is 248 g/mol. The van der Waals surface area contributed by atoms with Crippen LogP contribution in [0.15, 0.2) is 0 Å². The molecule has 4 heteroatoms. The first-order valence-electron chi connectivity index (χ1n) is 6.28. The van der Waals surface area contributed by atoms with Gasteiger partial charge in [0.15, 0.2) is 0 Å². The Labute approximate surface area is 106 Å². The van der Waals surface area contributed by atoms with Crippen molar-refractivity contribution in [2.45, 2.75) is 27.2 Å². The summed E-state index contributed by atoms with van der Waals surface area (Å²) < 4.78 is 20.9. The van der Waals surface area contributed by atoms with Crippen molar-refractivity contribution in [2.24, 2.45) is 5.41 Å². The molecule has 0 aliphatic rings. The van der Waals surface area contributed by atoms with E-state index in [-0.39, 0.29) is 0 Å². The highest BCUT2D eigenvalue weighted by Crippen LogP contribution is 2.17. The number of hydrogen-bond acceptors (Lipinski definition) is 4. The monoisotopic (exact) mass is 248 g/mol. The van der Waals surface area contributed by atoms with Crippen LogP contribution in [-0.4, -0.2) is 53.4 Å². The molecule has 0 N–H and O–H groups in total. The molecule has 0 saturated carbocycles. The molecule has 0 amide bonds. The topological polar surface area (TPSA) is 36.9 Å². The van der Waals surface area contributed by atoms with E-state index in [9.17, 15) is 0 Å². The van der Waals surface area contributed by atoms with E-state index < -0.39 is 0 Å². The van der Waals surface area contributed by atoms with Crippen LogP contribution in [0.25, 0.3) is 0 Å². The molecule has 0 unspecified atom stereocenters. The molecule has 0 heterocycles. The van der Waals surface area contributed by atoms with Gasteiger partial charge in [0.25, 0.3) is 0 Å². The molecule has 0 rings (SSSR count). The summed E-state index contributed by atoms with van der Waals surface area (Å²) in [6, 6.07) is 0. The van der Waals surface area contributed by atoms with Gasteiger partial charge in [-0.2, -0.15) is 0 Å². The minimum Gasteiger partial charge on any atom is -0.382 e. The predicted octanol–water partition coefficient (Wildman–Crippen LogP) is 2.12. The van der Waals surface area contributed by atoms with Crippen molar-refractivity contribution in [3.05, 3.63) is 0 Å². The van der Waals surface area contributed by atoms with Gasteiger partial charge in [-0.3, -0.25) is 0 Å². The van der Waals surface area contributed by atoms with Gasteiger partial charge >= 0.3 is 0 Å². The van der Waals surface area contributed by atoms with Crippen LogP contribution in [0.4, 0.5) is 0 Å². The maximum Gasteiger partial charge on any atom is 0.0701 e. The fourth-order valence-corrected chi connectivity index (χ4v) is 1.06. The molecule has 104 valence electrons. The van der Waals surface area contributed by atoms with Gasteiger partial charge < -0.3 is 18.9 Å². The van der Waals surface area contributed by atoms with Crippen LogP contribution in [0.1, 0.15) is 27.2 Å². The molecule has 0 aliphatic carbocycles. The first-order valence-corrected chi connectivity index (χ1v) is 6.28. The second-order valence-corrected chi connectivity index (χ2v) is 5.14. The molecule has 4 nitrogen and oxygen atoms in total. The number of ether oxygens (including phenoxy) is 4. The molecule has 0 aromatic rings. The molecule has 0 saturated heterocycles. The van der Waals surface area contributed by atoms with Crippen molar-refractivity contribution in [1.29, 1.82) is 0 Å². The lowest BCUT2D eigenvalue weighted by molar-refractivity contribution is 0.000858. The summed E-state index contributed by atoms with van der Waals surface area (Å²) in [5, 5.41) is 0. The van der Waals surface area contributed by atoms with Crippen LogP contribution in [0, 0.1) is 5.41 Å². The Morgan fingerprint density at radius 3 is 1.47 bits per heavy atom. The van der Waals surface area contributed by atoms with Crippen molar-refractivity contribution < 1.29 is 18.9 Å². The molecule has 0 spiro atoms. The number of methoxy groups -OCH3 is 1.